The van der Waals surface area contributed by atoms with Gasteiger partial charge in [0, 0.05) is 5.56 Å². The number of thiol groups is 1. The lowest BCUT2D eigenvalue weighted by Crippen LogP contribution is -2.26. The van der Waals surface area contributed by atoms with E-state index < -0.39 is 27.0 Å². The molecule has 0 saturated carbocycles. The lowest BCUT2D eigenvalue weighted by Gasteiger charge is -2.17. The average Bonchev–Trinajstić information content (AvgIpc) is 2.24. The largest absolute Gasteiger partial charge is 0.591 e. The van der Waals surface area contributed by atoms with Gasteiger partial charge in [0.1, 0.15) is 27.6 Å². The molecule has 0 aromatic carbocycles. The highest BCUT2D eigenvalue weighted by Crippen LogP contribution is 2.17. The van der Waals surface area contributed by atoms with Crippen molar-refractivity contribution < 1.29 is 13.7 Å². The van der Waals surface area contributed by atoms with Gasteiger partial charge in [-0.2, -0.15) is 0 Å². The summed E-state index contributed by atoms with van der Waals surface area (Å²) in [6, 6.07) is 1.10. The third-order valence-electron chi connectivity index (χ3n) is 1.90. The molecule has 4 nitrogen and oxygen atoms in total. The number of halogens is 1. The maximum absolute atomic E-state index is 13.0. The highest BCUT2D eigenvalue weighted by atomic mass is 32.2. The van der Waals surface area contributed by atoms with Gasteiger partial charge < -0.3 is 4.55 Å². The van der Waals surface area contributed by atoms with Crippen molar-refractivity contribution in [2.24, 2.45) is 4.40 Å². The van der Waals surface area contributed by atoms with E-state index in [2.05, 4.69) is 22.0 Å². The van der Waals surface area contributed by atoms with Crippen LogP contribution in [0.3, 0.4) is 0 Å². The molecule has 0 bridgehead atoms. The van der Waals surface area contributed by atoms with Gasteiger partial charge in [-0.3, -0.25) is 4.79 Å². The van der Waals surface area contributed by atoms with Gasteiger partial charge in [0.15, 0.2) is 0 Å². The van der Waals surface area contributed by atoms with Gasteiger partial charge in [-0.15, -0.1) is 0 Å². The lowest BCUT2D eigenvalue weighted by molar-refractivity contribution is 0.108. The minimum absolute atomic E-state index is 0.0191. The first-order valence-corrected chi connectivity index (χ1v) is 6.62. The minimum Gasteiger partial charge on any atom is -0.591 e. The molecule has 7 heteroatoms. The molecule has 0 amide bonds. The Morgan fingerprint density at radius 2 is 2.22 bits per heavy atom. The molecular weight excluding hydrogens is 275 g/mol. The quantitative estimate of drug-likeness (QED) is 0.526. The Kier molecular flexibility index (Phi) is 4.89. The van der Waals surface area contributed by atoms with Gasteiger partial charge in [-0.05, 0) is 26.8 Å². The summed E-state index contributed by atoms with van der Waals surface area (Å²) in [5, 5.41) is -0.599. The Bertz CT molecular complexity index is 486. The predicted octanol–water partition coefficient (Wildman–Crippen LogP) is 2.17. The van der Waals surface area contributed by atoms with E-state index in [4.69, 9.17) is 0 Å². The van der Waals surface area contributed by atoms with E-state index in [9.17, 15) is 13.7 Å². The molecule has 1 heterocycles. The summed E-state index contributed by atoms with van der Waals surface area (Å²) >= 11 is 2.15. The lowest BCUT2D eigenvalue weighted by atomic mass is 10.2. The zero-order chi connectivity index (χ0) is 13.9. The van der Waals surface area contributed by atoms with Crippen molar-refractivity contribution >= 4 is 35.3 Å². The van der Waals surface area contributed by atoms with Gasteiger partial charge in [0.05, 0.1) is 12.4 Å². The monoisotopic (exact) mass is 288 g/mol. The number of pyridine rings is 1. The van der Waals surface area contributed by atoms with Gasteiger partial charge >= 0.3 is 0 Å². The smallest absolute Gasteiger partial charge is 0.235 e. The SMILES string of the molecule is CC(C)(C)[S+]([O-])N=Cc1cc(F)cnc1C(=O)S. The van der Waals surface area contributed by atoms with E-state index in [-0.39, 0.29) is 11.3 Å². The van der Waals surface area contributed by atoms with E-state index in [0.29, 0.717) is 0 Å². The van der Waals surface area contributed by atoms with Crippen molar-refractivity contribution in [1.82, 2.24) is 4.98 Å². The van der Waals surface area contributed by atoms with Crippen LogP contribution in [0.25, 0.3) is 0 Å². The third-order valence-corrected chi connectivity index (χ3v) is 3.45. The summed E-state index contributed by atoms with van der Waals surface area (Å²) in [6.07, 6.45) is 2.10. The van der Waals surface area contributed by atoms with Crippen LogP contribution in [-0.2, 0) is 11.4 Å². The van der Waals surface area contributed by atoms with Crippen molar-refractivity contribution in [3.8, 4) is 0 Å². The number of nitrogens with zero attached hydrogens (tertiary/aromatic N) is 2. The highest BCUT2D eigenvalue weighted by molar-refractivity contribution is 7.97. The molecule has 1 unspecified atom stereocenters. The van der Waals surface area contributed by atoms with Crippen LogP contribution in [0, 0.1) is 5.82 Å². The second kappa shape index (κ2) is 5.81. The van der Waals surface area contributed by atoms with E-state index in [1.54, 1.807) is 20.8 Å². The molecular formula is C11H13FN2O2S2. The first-order valence-electron chi connectivity index (χ1n) is 5.06. The molecule has 0 N–H and O–H groups in total. The van der Waals surface area contributed by atoms with Crippen LogP contribution in [0.4, 0.5) is 4.39 Å². The standard InChI is InChI=1S/C11H13FN2O2S2/c1-11(2,3)18(16)14-5-7-4-8(12)6-13-9(7)10(15)17/h4-6H,1-3H3,(H,15,17). The number of carbonyl (C=O) groups is 1. The Labute approximate surface area is 113 Å². The van der Waals surface area contributed by atoms with Crippen LogP contribution in [-0.4, -0.2) is 25.6 Å². The van der Waals surface area contributed by atoms with E-state index >= 15 is 0 Å². The number of carbonyl (C=O) groups excluding carboxylic acids is 1. The molecule has 0 saturated heterocycles. The van der Waals surface area contributed by atoms with Gasteiger partial charge in [0.2, 0.25) is 5.12 Å². The number of hydrogen-bond donors (Lipinski definition) is 1. The normalized spacial score (nSPS) is 13.9. The fourth-order valence-electron chi connectivity index (χ4n) is 0.995. The summed E-state index contributed by atoms with van der Waals surface area (Å²) < 4.78 is 28.0. The molecule has 0 fully saturated rings. The molecule has 18 heavy (non-hydrogen) atoms. The van der Waals surface area contributed by atoms with Gasteiger partial charge in [0.25, 0.3) is 0 Å². The number of aromatic nitrogens is 1. The molecule has 1 aromatic rings. The molecule has 1 atom stereocenters. The van der Waals surface area contributed by atoms with E-state index in [1.165, 1.54) is 6.21 Å². The maximum Gasteiger partial charge on any atom is 0.235 e. The molecule has 0 aliphatic rings. The maximum atomic E-state index is 13.0. The summed E-state index contributed by atoms with van der Waals surface area (Å²) in [4.78, 5) is 14.8. The Morgan fingerprint density at radius 1 is 1.61 bits per heavy atom. The summed E-state index contributed by atoms with van der Waals surface area (Å²) in [5.41, 5.74) is 0.141. The number of hydrogen-bond acceptors (Lipinski definition) is 4. The topological polar surface area (TPSA) is 65.4 Å². The first kappa shape index (κ1) is 15.1. The second-order valence-corrected chi connectivity index (χ2v) is 6.83. The minimum atomic E-state index is -1.48. The molecule has 0 aliphatic heterocycles. The number of rotatable bonds is 3. The zero-order valence-corrected chi connectivity index (χ0v) is 11.9. The molecule has 1 aromatic heterocycles. The Balaban J connectivity index is 3.07. The van der Waals surface area contributed by atoms with Crippen LogP contribution >= 0.6 is 12.6 Å². The van der Waals surface area contributed by atoms with Gasteiger partial charge in [-0.1, -0.05) is 17.0 Å². The van der Waals surface area contributed by atoms with Crippen LogP contribution in [0.1, 0.15) is 36.8 Å². The molecule has 1 rings (SSSR count). The van der Waals surface area contributed by atoms with E-state index in [1.807, 2.05) is 0 Å². The Hall–Kier alpha value is -0.920. The van der Waals surface area contributed by atoms with Crippen LogP contribution in [0.5, 0.6) is 0 Å². The van der Waals surface area contributed by atoms with Crippen LogP contribution < -0.4 is 0 Å². The third kappa shape index (κ3) is 4.08. The van der Waals surface area contributed by atoms with Crippen LogP contribution in [0.15, 0.2) is 16.7 Å². The summed E-state index contributed by atoms with van der Waals surface area (Å²) in [5.74, 6) is -0.601. The fraction of sp³-hybridized carbons (Fsp3) is 0.364. The molecule has 98 valence electrons. The van der Waals surface area contributed by atoms with Crippen molar-refractivity contribution in [1.29, 1.82) is 0 Å². The van der Waals surface area contributed by atoms with Crippen LogP contribution in [0.2, 0.25) is 0 Å². The summed E-state index contributed by atoms with van der Waals surface area (Å²) in [6.45, 7) is 5.28. The molecule has 0 radical (unpaired) electrons. The molecule has 0 spiro atoms. The first-order chi connectivity index (χ1) is 8.21. The van der Waals surface area contributed by atoms with Crippen molar-refractivity contribution in [2.45, 2.75) is 25.5 Å². The van der Waals surface area contributed by atoms with Crippen molar-refractivity contribution in [3.05, 3.63) is 29.3 Å². The Morgan fingerprint density at radius 3 is 2.72 bits per heavy atom. The average molecular weight is 288 g/mol. The van der Waals surface area contributed by atoms with Crippen molar-refractivity contribution in [2.75, 3.05) is 0 Å². The second-order valence-electron chi connectivity index (χ2n) is 4.49. The van der Waals surface area contributed by atoms with Gasteiger partial charge in [-0.25, -0.2) is 9.37 Å². The fourth-order valence-corrected chi connectivity index (χ4v) is 1.71. The highest BCUT2D eigenvalue weighted by Gasteiger charge is 2.26. The summed E-state index contributed by atoms with van der Waals surface area (Å²) in [7, 11) is 0. The van der Waals surface area contributed by atoms with Crippen molar-refractivity contribution in [3.63, 3.8) is 0 Å². The predicted molar refractivity (Wildman–Crippen MR) is 73.0 cm³/mol. The zero-order valence-electron chi connectivity index (χ0n) is 10.2. The van der Waals surface area contributed by atoms with E-state index in [0.717, 1.165) is 12.3 Å². The molecule has 0 aliphatic carbocycles.